The Labute approximate surface area is 158 Å². The van der Waals surface area contributed by atoms with Gasteiger partial charge < -0.3 is 4.90 Å². The summed E-state index contributed by atoms with van der Waals surface area (Å²) in [6.45, 7) is 1.20. The highest BCUT2D eigenvalue weighted by Crippen LogP contribution is 2.24. The van der Waals surface area contributed by atoms with E-state index < -0.39 is 10.0 Å². The zero-order chi connectivity index (χ0) is 18.0. The number of hydrogen-bond donors (Lipinski definition) is 0. The molecule has 0 saturated carbocycles. The number of nitriles is 1. The van der Waals surface area contributed by atoms with Gasteiger partial charge in [-0.25, -0.2) is 8.42 Å². The van der Waals surface area contributed by atoms with E-state index in [1.807, 2.05) is 12.1 Å². The van der Waals surface area contributed by atoms with E-state index in [2.05, 4.69) is 15.9 Å². The Morgan fingerprint density at radius 2 is 1.72 bits per heavy atom. The zero-order valence-corrected chi connectivity index (χ0v) is 16.3. The number of carbonyl (C=O) groups is 1. The number of sulfonamides is 1. The molecule has 0 aliphatic carbocycles. The molecule has 9 heteroatoms. The SMILES string of the molecule is N#Cc1ccc(S(=O)(=O)N2CCN(C(=O)c3ccc(Br)s3)CC2)cc1. The second kappa shape index (κ2) is 7.25. The summed E-state index contributed by atoms with van der Waals surface area (Å²) in [5.41, 5.74) is 0.413. The van der Waals surface area contributed by atoms with Crippen molar-refractivity contribution in [3.63, 3.8) is 0 Å². The number of carbonyl (C=O) groups excluding carboxylic acids is 1. The minimum absolute atomic E-state index is 0.0777. The summed E-state index contributed by atoms with van der Waals surface area (Å²) in [5, 5.41) is 8.81. The molecule has 6 nitrogen and oxygen atoms in total. The molecule has 1 saturated heterocycles. The quantitative estimate of drug-likeness (QED) is 0.735. The standard InChI is InChI=1S/C16H14BrN3O3S2/c17-15-6-5-14(24-15)16(21)19-7-9-20(10-8-19)25(22,23)13-3-1-12(11-18)2-4-13/h1-6H,7-10H2. The first kappa shape index (κ1) is 18.1. The predicted octanol–water partition coefficient (Wildman–Crippen LogP) is 2.53. The van der Waals surface area contributed by atoms with Crippen LogP contribution >= 0.6 is 27.3 Å². The number of piperazine rings is 1. The van der Waals surface area contributed by atoms with E-state index >= 15 is 0 Å². The van der Waals surface area contributed by atoms with Crippen molar-refractivity contribution in [2.75, 3.05) is 26.2 Å². The molecule has 130 valence electrons. The van der Waals surface area contributed by atoms with Gasteiger partial charge in [-0.1, -0.05) is 0 Å². The van der Waals surface area contributed by atoms with Gasteiger partial charge in [0.15, 0.2) is 0 Å². The van der Waals surface area contributed by atoms with Gasteiger partial charge in [0.25, 0.3) is 5.91 Å². The Bertz CT molecular complexity index is 924. The van der Waals surface area contributed by atoms with Gasteiger partial charge in [-0.05, 0) is 52.3 Å². The van der Waals surface area contributed by atoms with Gasteiger partial charge in [0.2, 0.25) is 10.0 Å². The number of halogens is 1. The highest BCUT2D eigenvalue weighted by molar-refractivity contribution is 9.11. The average Bonchev–Trinajstić information content (AvgIpc) is 3.07. The van der Waals surface area contributed by atoms with Crippen LogP contribution < -0.4 is 0 Å². The molecule has 0 bridgehead atoms. The Balaban J connectivity index is 1.68. The first-order valence-electron chi connectivity index (χ1n) is 7.47. The summed E-state index contributed by atoms with van der Waals surface area (Å²) in [4.78, 5) is 14.9. The molecular formula is C16H14BrN3O3S2. The number of nitrogens with zero attached hydrogens (tertiary/aromatic N) is 3. The van der Waals surface area contributed by atoms with Crippen molar-refractivity contribution in [3.8, 4) is 6.07 Å². The van der Waals surface area contributed by atoms with Crippen LogP contribution in [-0.4, -0.2) is 49.7 Å². The third kappa shape index (κ3) is 3.77. The van der Waals surface area contributed by atoms with Crippen LogP contribution in [0.3, 0.4) is 0 Å². The summed E-state index contributed by atoms with van der Waals surface area (Å²) in [6.07, 6.45) is 0. The lowest BCUT2D eigenvalue weighted by atomic mass is 10.2. The van der Waals surface area contributed by atoms with E-state index in [1.54, 1.807) is 11.0 Å². The Hall–Kier alpha value is -1.73. The topological polar surface area (TPSA) is 81.5 Å². The molecule has 0 atom stereocenters. The van der Waals surface area contributed by atoms with Gasteiger partial charge in [-0.15, -0.1) is 11.3 Å². The van der Waals surface area contributed by atoms with Crippen LogP contribution in [0.1, 0.15) is 15.2 Å². The highest BCUT2D eigenvalue weighted by atomic mass is 79.9. The van der Waals surface area contributed by atoms with E-state index in [0.717, 1.165) is 3.79 Å². The van der Waals surface area contributed by atoms with Crippen molar-refractivity contribution < 1.29 is 13.2 Å². The first-order valence-corrected chi connectivity index (χ1v) is 10.5. The zero-order valence-electron chi connectivity index (χ0n) is 13.1. The normalized spacial score (nSPS) is 15.8. The maximum Gasteiger partial charge on any atom is 0.264 e. The summed E-state index contributed by atoms with van der Waals surface area (Å²) in [5.74, 6) is -0.0777. The fourth-order valence-electron chi connectivity index (χ4n) is 2.57. The van der Waals surface area contributed by atoms with E-state index in [1.165, 1.54) is 39.9 Å². The third-order valence-corrected chi connectivity index (χ3v) is 7.46. The van der Waals surface area contributed by atoms with Crippen molar-refractivity contribution in [1.82, 2.24) is 9.21 Å². The number of hydrogen-bond acceptors (Lipinski definition) is 5. The van der Waals surface area contributed by atoms with Crippen LogP contribution in [-0.2, 0) is 10.0 Å². The van der Waals surface area contributed by atoms with Crippen molar-refractivity contribution in [2.24, 2.45) is 0 Å². The van der Waals surface area contributed by atoms with Crippen molar-refractivity contribution >= 4 is 43.2 Å². The fraction of sp³-hybridized carbons (Fsp3) is 0.250. The molecule has 1 amide bonds. The van der Waals surface area contributed by atoms with E-state index in [4.69, 9.17) is 5.26 Å². The van der Waals surface area contributed by atoms with Gasteiger partial charge >= 0.3 is 0 Å². The van der Waals surface area contributed by atoms with Gasteiger partial charge in [-0.2, -0.15) is 9.57 Å². The lowest BCUT2D eigenvalue weighted by Gasteiger charge is -2.33. The van der Waals surface area contributed by atoms with Gasteiger partial charge in [0.1, 0.15) is 0 Å². The molecule has 0 radical (unpaired) electrons. The molecule has 1 aliphatic rings. The Kier molecular flexibility index (Phi) is 5.24. The molecule has 1 aliphatic heterocycles. The van der Waals surface area contributed by atoms with Crippen LogP contribution in [0.15, 0.2) is 45.1 Å². The molecule has 1 fully saturated rings. The molecule has 1 aromatic carbocycles. The number of amides is 1. The fourth-order valence-corrected chi connectivity index (χ4v) is 5.34. The molecule has 0 spiro atoms. The van der Waals surface area contributed by atoms with Crippen LogP contribution in [0.5, 0.6) is 0 Å². The van der Waals surface area contributed by atoms with E-state index in [0.29, 0.717) is 23.5 Å². The summed E-state index contributed by atoms with van der Waals surface area (Å²) < 4.78 is 27.6. The molecule has 1 aromatic heterocycles. The van der Waals surface area contributed by atoms with Crippen LogP contribution in [0.25, 0.3) is 0 Å². The largest absolute Gasteiger partial charge is 0.335 e. The molecule has 3 rings (SSSR count). The summed E-state index contributed by atoms with van der Waals surface area (Å²) in [6, 6.07) is 11.4. The second-order valence-electron chi connectivity index (χ2n) is 5.44. The average molecular weight is 440 g/mol. The minimum atomic E-state index is -3.62. The predicted molar refractivity (Wildman–Crippen MR) is 97.8 cm³/mol. The minimum Gasteiger partial charge on any atom is -0.335 e. The van der Waals surface area contributed by atoms with E-state index in [9.17, 15) is 13.2 Å². The number of thiophene rings is 1. The number of rotatable bonds is 3. The van der Waals surface area contributed by atoms with E-state index in [-0.39, 0.29) is 23.9 Å². The molecular weight excluding hydrogens is 426 g/mol. The monoisotopic (exact) mass is 439 g/mol. The summed E-state index contributed by atoms with van der Waals surface area (Å²) in [7, 11) is -3.62. The number of benzene rings is 1. The Morgan fingerprint density at radius 1 is 1.08 bits per heavy atom. The smallest absolute Gasteiger partial charge is 0.264 e. The lowest BCUT2D eigenvalue weighted by Crippen LogP contribution is -2.50. The first-order chi connectivity index (χ1) is 11.9. The van der Waals surface area contributed by atoms with Gasteiger partial charge in [0, 0.05) is 26.2 Å². The molecule has 25 heavy (non-hydrogen) atoms. The van der Waals surface area contributed by atoms with Gasteiger partial charge in [-0.3, -0.25) is 4.79 Å². The van der Waals surface area contributed by atoms with Crippen molar-refractivity contribution in [1.29, 1.82) is 5.26 Å². The Morgan fingerprint density at radius 3 is 2.24 bits per heavy atom. The molecule has 0 unspecified atom stereocenters. The van der Waals surface area contributed by atoms with Crippen molar-refractivity contribution in [3.05, 3.63) is 50.6 Å². The van der Waals surface area contributed by atoms with Crippen LogP contribution in [0, 0.1) is 11.3 Å². The van der Waals surface area contributed by atoms with Crippen LogP contribution in [0.4, 0.5) is 0 Å². The third-order valence-electron chi connectivity index (χ3n) is 3.93. The van der Waals surface area contributed by atoms with Crippen molar-refractivity contribution in [2.45, 2.75) is 4.90 Å². The summed E-state index contributed by atoms with van der Waals surface area (Å²) >= 11 is 4.70. The van der Waals surface area contributed by atoms with Gasteiger partial charge in [0.05, 0.1) is 25.2 Å². The maximum atomic E-state index is 12.7. The highest BCUT2D eigenvalue weighted by Gasteiger charge is 2.30. The molecule has 0 N–H and O–H groups in total. The molecule has 2 heterocycles. The second-order valence-corrected chi connectivity index (χ2v) is 9.84. The molecule has 2 aromatic rings. The lowest BCUT2D eigenvalue weighted by molar-refractivity contribution is 0.0703. The van der Waals surface area contributed by atoms with Crippen LogP contribution in [0.2, 0.25) is 0 Å². The maximum absolute atomic E-state index is 12.7.